The highest BCUT2D eigenvalue weighted by Gasteiger charge is 2.29. The van der Waals surface area contributed by atoms with E-state index >= 15 is 0 Å². The average molecular weight is 493 g/mol. The maximum absolute atomic E-state index is 12.8. The molecule has 0 aromatic heterocycles. The van der Waals surface area contributed by atoms with Crippen molar-refractivity contribution in [1.29, 1.82) is 0 Å². The first-order valence-electron chi connectivity index (χ1n) is 11.4. The topological polar surface area (TPSA) is 98.8 Å². The minimum Gasteiger partial charge on any atom is -0.376 e. The summed E-state index contributed by atoms with van der Waals surface area (Å²) in [7, 11) is -3.57. The zero-order valence-corrected chi connectivity index (χ0v) is 20.1. The normalized spacial score (nSPS) is 14.3. The molecule has 0 spiro atoms. The lowest BCUT2D eigenvalue weighted by atomic mass is 10.1. The largest absolute Gasteiger partial charge is 0.376 e. The van der Waals surface area contributed by atoms with Gasteiger partial charge in [-0.25, -0.2) is 8.42 Å². The Labute approximate surface area is 205 Å². The first-order valence-corrected chi connectivity index (χ1v) is 12.9. The molecule has 1 aliphatic rings. The first kappa shape index (κ1) is 24.4. The van der Waals surface area contributed by atoms with Crippen LogP contribution in [-0.2, 0) is 21.4 Å². The Morgan fingerprint density at radius 2 is 1.37 bits per heavy atom. The summed E-state index contributed by atoms with van der Waals surface area (Å²) in [5, 5.41) is 5.98. The van der Waals surface area contributed by atoms with E-state index in [1.165, 1.54) is 4.31 Å². The SMILES string of the molecule is O=C(NCc1ccccc1)c1ccccc1NCC(=O)N1CCN(S(=O)(=O)c2ccccc2)CC1. The third kappa shape index (κ3) is 6.06. The number of amides is 2. The number of piperazine rings is 1. The third-order valence-corrected chi connectivity index (χ3v) is 7.78. The molecule has 0 unspecified atom stereocenters. The molecule has 35 heavy (non-hydrogen) atoms. The van der Waals surface area contributed by atoms with Gasteiger partial charge in [0.05, 0.1) is 17.0 Å². The van der Waals surface area contributed by atoms with Gasteiger partial charge in [0, 0.05) is 38.4 Å². The standard InChI is InChI=1S/C26H28N4O4S/c31-25(29-15-17-30(18-16-29)35(33,34)22-11-5-2-6-12-22)20-27-24-14-8-7-13-23(24)26(32)28-19-21-9-3-1-4-10-21/h1-14,27H,15-20H2,(H,28,32). The minimum atomic E-state index is -3.57. The van der Waals surface area contributed by atoms with Crippen LogP contribution in [0.15, 0.2) is 89.8 Å². The number of benzene rings is 3. The number of carbonyl (C=O) groups is 2. The lowest BCUT2D eigenvalue weighted by Gasteiger charge is -2.34. The van der Waals surface area contributed by atoms with Crippen LogP contribution in [0.5, 0.6) is 0 Å². The summed E-state index contributed by atoms with van der Waals surface area (Å²) >= 11 is 0. The highest BCUT2D eigenvalue weighted by atomic mass is 32.2. The fourth-order valence-corrected chi connectivity index (χ4v) is 5.35. The predicted octanol–water partition coefficient (Wildman–Crippen LogP) is 2.56. The van der Waals surface area contributed by atoms with Crippen molar-refractivity contribution in [3.8, 4) is 0 Å². The fourth-order valence-electron chi connectivity index (χ4n) is 3.91. The Morgan fingerprint density at radius 3 is 2.06 bits per heavy atom. The minimum absolute atomic E-state index is 0.00835. The Morgan fingerprint density at radius 1 is 0.771 bits per heavy atom. The van der Waals surface area contributed by atoms with Gasteiger partial charge in [0.2, 0.25) is 15.9 Å². The van der Waals surface area contributed by atoms with E-state index in [9.17, 15) is 18.0 Å². The van der Waals surface area contributed by atoms with E-state index in [-0.39, 0.29) is 36.3 Å². The van der Waals surface area contributed by atoms with Crippen molar-refractivity contribution in [1.82, 2.24) is 14.5 Å². The molecule has 4 rings (SSSR count). The smallest absolute Gasteiger partial charge is 0.253 e. The molecule has 1 fully saturated rings. The molecule has 0 aliphatic carbocycles. The van der Waals surface area contributed by atoms with Crippen molar-refractivity contribution in [3.05, 3.63) is 96.1 Å². The van der Waals surface area contributed by atoms with Crippen molar-refractivity contribution >= 4 is 27.5 Å². The molecule has 2 N–H and O–H groups in total. The van der Waals surface area contributed by atoms with E-state index in [2.05, 4.69) is 10.6 Å². The molecule has 0 atom stereocenters. The molecule has 1 saturated heterocycles. The van der Waals surface area contributed by atoms with Crippen molar-refractivity contribution in [3.63, 3.8) is 0 Å². The van der Waals surface area contributed by atoms with E-state index in [1.54, 1.807) is 59.5 Å². The van der Waals surface area contributed by atoms with Gasteiger partial charge in [-0.2, -0.15) is 4.31 Å². The summed E-state index contributed by atoms with van der Waals surface area (Å²) in [6.07, 6.45) is 0. The van der Waals surface area contributed by atoms with Crippen LogP contribution in [0.4, 0.5) is 5.69 Å². The Kier molecular flexibility index (Phi) is 7.79. The maximum Gasteiger partial charge on any atom is 0.253 e. The zero-order valence-electron chi connectivity index (χ0n) is 19.3. The van der Waals surface area contributed by atoms with Crippen molar-refractivity contribution in [2.24, 2.45) is 0 Å². The second-order valence-corrected chi connectivity index (χ2v) is 10.1. The van der Waals surface area contributed by atoms with Gasteiger partial charge in [0.25, 0.3) is 5.91 Å². The van der Waals surface area contributed by atoms with Crippen LogP contribution in [-0.4, -0.2) is 62.2 Å². The average Bonchev–Trinajstić information content (AvgIpc) is 2.91. The van der Waals surface area contributed by atoms with Gasteiger partial charge in [-0.15, -0.1) is 0 Å². The number of sulfonamides is 1. The second kappa shape index (κ2) is 11.2. The summed E-state index contributed by atoms with van der Waals surface area (Å²) in [5.74, 6) is -0.384. The van der Waals surface area contributed by atoms with Crippen LogP contribution in [0.25, 0.3) is 0 Å². The molecule has 9 heteroatoms. The Hall–Kier alpha value is -3.69. The van der Waals surface area contributed by atoms with Gasteiger partial charge in [0.15, 0.2) is 0 Å². The van der Waals surface area contributed by atoms with Gasteiger partial charge in [0.1, 0.15) is 0 Å². The van der Waals surface area contributed by atoms with Crippen LogP contribution < -0.4 is 10.6 Å². The number of para-hydroxylation sites is 1. The summed E-state index contributed by atoms with van der Waals surface area (Å²) in [6.45, 7) is 1.51. The van der Waals surface area contributed by atoms with Crippen LogP contribution in [0.2, 0.25) is 0 Å². The summed E-state index contributed by atoms with van der Waals surface area (Å²) in [6, 6.07) is 25.0. The number of nitrogens with zero attached hydrogens (tertiary/aromatic N) is 2. The highest BCUT2D eigenvalue weighted by molar-refractivity contribution is 7.89. The summed E-state index contributed by atoms with van der Waals surface area (Å²) in [4.78, 5) is 27.4. The van der Waals surface area contributed by atoms with Crippen LogP contribution in [0.1, 0.15) is 15.9 Å². The number of nitrogens with one attached hydrogen (secondary N) is 2. The number of carbonyl (C=O) groups excluding carboxylic acids is 2. The number of anilines is 1. The lowest BCUT2D eigenvalue weighted by molar-refractivity contribution is -0.130. The van der Waals surface area contributed by atoms with E-state index in [0.717, 1.165) is 5.56 Å². The van der Waals surface area contributed by atoms with Crippen molar-refractivity contribution < 1.29 is 18.0 Å². The molecular weight excluding hydrogens is 464 g/mol. The van der Waals surface area contributed by atoms with Crippen molar-refractivity contribution in [2.75, 3.05) is 38.0 Å². The molecule has 0 bridgehead atoms. The number of hydrogen-bond donors (Lipinski definition) is 2. The molecule has 2 amide bonds. The Balaban J connectivity index is 1.30. The molecule has 0 saturated carbocycles. The first-order chi connectivity index (χ1) is 16.9. The molecule has 182 valence electrons. The van der Waals surface area contributed by atoms with Gasteiger partial charge in [-0.05, 0) is 29.8 Å². The molecule has 3 aromatic rings. The molecule has 0 radical (unpaired) electrons. The molecular formula is C26H28N4O4S. The summed E-state index contributed by atoms with van der Waals surface area (Å²) < 4.78 is 27.0. The van der Waals surface area contributed by atoms with Crippen molar-refractivity contribution in [2.45, 2.75) is 11.4 Å². The van der Waals surface area contributed by atoms with Gasteiger partial charge in [-0.1, -0.05) is 60.7 Å². The quantitative estimate of drug-likeness (QED) is 0.504. The zero-order chi connectivity index (χ0) is 24.7. The molecule has 8 nitrogen and oxygen atoms in total. The van der Waals surface area contributed by atoms with Crippen LogP contribution >= 0.6 is 0 Å². The van der Waals surface area contributed by atoms with Gasteiger partial charge in [-0.3, -0.25) is 9.59 Å². The third-order valence-electron chi connectivity index (χ3n) is 5.87. The fraction of sp³-hybridized carbons (Fsp3) is 0.231. The number of rotatable bonds is 8. The van der Waals surface area contributed by atoms with Crippen LogP contribution in [0.3, 0.4) is 0 Å². The van der Waals surface area contributed by atoms with E-state index < -0.39 is 10.0 Å². The monoisotopic (exact) mass is 492 g/mol. The maximum atomic E-state index is 12.8. The van der Waals surface area contributed by atoms with Gasteiger partial charge < -0.3 is 15.5 Å². The lowest BCUT2D eigenvalue weighted by Crippen LogP contribution is -2.51. The molecule has 1 aliphatic heterocycles. The van der Waals surface area contributed by atoms with Gasteiger partial charge >= 0.3 is 0 Å². The molecule has 3 aromatic carbocycles. The second-order valence-electron chi connectivity index (χ2n) is 8.17. The highest BCUT2D eigenvalue weighted by Crippen LogP contribution is 2.18. The van der Waals surface area contributed by atoms with E-state index in [0.29, 0.717) is 30.9 Å². The summed E-state index contributed by atoms with van der Waals surface area (Å²) in [5.41, 5.74) is 2.02. The predicted molar refractivity (Wildman–Crippen MR) is 134 cm³/mol. The molecule has 1 heterocycles. The van der Waals surface area contributed by atoms with Crippen LogP contribution in [0, 0.1) is 0 Å². The number of hydrogen-bond acceptors (Lipinski definition) is 5. The van der Waals surface area contributed by atoms with E-state index in [4.69, 9.17) is 0 Å². The van der Waals surface area contributed by atoms with E-state index in [1.807, 2.05) is 30.3 Å². The Bertz CT molecular complexity index is 1260.